The molecule has 3 aromatic rings. The molecule has 140 valence electrons. The molecule has 7 heteroatoms. The summed E-state index contributed by atoms with van der Waals surface area (Å²) in [5, 5.41) is 6.43. The molecule has 0 saturated carbocycles. The highest BCUT2D eigenvalue weighted by Gasteiger charge is 2.11. The normalized spacial score (nSPS) is 10.3. The fourth-order valence-corrected chi connectivity index (χ4v) is 2.58. The highest BCUT2D eigenvalue weighted by atomic mass is 16.5. The van der Waals surface area contributed by atoms with Crippen molar-refractivity contribution < 1.29 is 9.47 Å². The monoisotopic (exact) mass is 365 g/mol. The van der Waals surface area contributed by atoms with Crippen molar-refractivity contribution >= 4 is 28.7 Å². The van der Waals surface area contributed by atoms with Crippen molar-refractivity contribution in [3.8, 4) is 11.5 Å². The van der Waals surface area contributed by atoms with Crippen LogP contribution in [-0.2, 0) is 0 Å². The van der Waals surface area contributed by atoms with E-state index in [4.69, 9.17) is 15.2 Å². The number of benzene rings is 2. The van der Waals surface area contributed by atoms with Gasteiger partial charge in [0.2, 0.25) is 0 Å². The van der Waals surface area contributed by atoms with E-state index in [1.165, 1.54) is 6.33 Å². The molecule has 27 heavy (non-hydrogen) atoms. The molecule has 1 aromatic heterocycles. The Morgan fingerprint density at radius 3 is 2.37 bits per heavy atom. The molecule has 0 unspecified atom stereocenters. The molecule has 0 aliphatic heterocycles. The van der Waals surface area contributed by atoms with Crippen LogP contribution >= 0.6 is 0 Å². The van der Waals surface area contributed by atoms with Crippen LogP contribution in [0.15, 0.2) is 48.8 Å². The van der Waals surface area contributed by atoms with E-state index in [2.05, 4.69) is 20.6 Å². The van der Waals surface area contributed by atoms with E-state index in [9.17, 15) is 0 Å². The zero-order valence-corrected chi connectivity index (χ0v) is 15.6. The molecule has 1 heterocycles. The molecule has 0 radical (unpaired) electrons. The molecule has 7 nitrogen and oxygen atoms in total. The summed E-state index contributed by atoms with van der Waals surface area (Å²) in [6.07, 6.45) is 1.46. The van der Waals surface area contributed by atoms with Crippen molar-refractivity contribution in [2.75, 3.05) is 30.1 Å². The Morgan fingerprint density at radius 1 is 1.00 bits per heavy atom. The average molecular weight is 365 g/mol. The first-order valence-electron chi connectivity index (χ1n) is 8.62. The lowest BCUT2D eigenvalue weighted by atomic mass is 10.2. The number of ether oxygens (including phenoxy) is 2. The third-order valence-electron chi connectivity index (χ3n) is 3.92. The van der Waals surface area contributed by atoms with Gasteiger partial charge in [0, 0.05) is 5.69 Å². The molecular formula is C20H23N5O2. The van der Waals surface area contributed by atoms with Crippen LogP contribution in [0, 0.1) is 6.92 Å². The van der Waals surface area contributed by atoms with E-state index in [0.717, 1.165) is 22.7 Å². The summed E-state index contributed by atoms with van der Waals surface area (Å²) in [5.41, 5.74) is 9.42. The summed E-state index contributed by atoms with van der Waals surface area (Å²) in [6, 6.07) is 13.4. The molecule has 0 bridgehead atoms. The quantitative estimate of drug-likeness (QED) is 0.576. The standard InChI is InChI=1S/C20H23N5O2/c1-4-27-15-8-6-14(7-9-15)24-19-18(21)20(23-12-22-19)25-16-11-13(2)5-10-17(16)26-3/h5-12H,4,21H2,1-3H3,(H2,22,23,24,25). The van der Waals surface area contributed by atoms with Gasteiger partial charge in [-0.1, -0.05) is 6.07 Å². The lowest BCUT2D eigenvalue weighted by molar-refractivity contribution is 0.340. The van der Waals surface area contributed by atoms with Crippen LogP contribution in [0.3, 0.4) is 0 Å². The van der Waals surface area contributed by atoms with Crippen LogP contribution in [0.5, 0.6) is 11.5 Å². The van der Waals surface area contributed by atoms with Gasteiger partial charge in [0.1, 0.15) is 23.5 Å². The smallest absolute Gasteiger partial charge is 0.159 e. The van der Waals surface area contributed by atoms with E-state index in [1.807, 2.05) is 56.3 Å². The van der Waals surface area contributed by atoms with Gasteiger partial charge in [0.15, 0.2) is 11.6 Å². The molecule has 2 aromatic carbocycles. The highest BCUT2D eigenvalue weighted by Crippen LogP contribution is 2.32. The van der Waals surface area contributed by atoms with Gasteiger partial charge in [-0.15, -0.1) is 0 Å². The number of nitrogens with two attached hydrogens (primary N) is 1. The maximum absolute atomic E-state index is 6.27. The molecule has 0 spiro atoms. The maximum atomic E-state index is 6.27. The molecular weight excluding hydrogens is 342 g/mol. The van der Waals surface area contributed by atoms with E-state index in [1.54, 1.807) is 7.11 Å². The molecule has 0 aliphatic carbocycles. The van der Waals surface area contributed by atoms with E-state index >= 15 is 0 Å². The number of hydrogen-bond acceptors (Lipinski definition) is 7. The summed E-state index contributed by atoms with van der Waals surface area (Å²) in [5.74, 6) is 2.54. The van der Waals surface area contributed by atoms with Crippen molar-refractivity contribution in [2.45, 2.75) is 13.8 Å². The Hall–Kier alpha value is -3.48. The van der Waals surface area contributed by atoms with Crippen LogP contribution in [0.2, 0.25) is 0 Å². The summed E-state index contributed by atoms with van der Waals surface area (Å²) >= 11 is 0. The molecule has 3 rings (SSSR count). The van der Waals surface area contributed by atoms with Crippen molar-refractivity contribution in [2.24, 2.45) is 0 Å². The van der Waals surface area contributed by atoms with Gasteiger partial charge in [-0.2, -0.15) is 0 Å². The summed E-state index contributed by atoms with van der Waals surface area (Å²) in [6.45, 7) is 4.58. The largest absolute Gasteiger partial charge is 0.495 e. The van der Waals surface area contributed by atoms with E-state index in [-0.39, 0.29) is 0 Å². The average Bonchev–Trinajstić information content (AvgIpc) is 2.67. The predicted molar refractivity (Wildman–Crippen MR) is 108 cm³/mol. The number of methoxy groups -OCH3 is 1. The SMILES string of the molecule is CCOc1ccc(Nc2ncnc(Nc3cc(C)ccc3OC)c2N)cc1. The Labute approximate surface area is 158 Å². The summed E-state index contributed by atoms with van der Waals surface area (Å²) in [7, 11) is 1.62. The second kappa shape index (κ2) is 8.27. The van der Waals surface area contributed by atoms with Gasteiger partial charge in [-0.05, 0) is 55.8 Å². The number of anilines is 5. The van der Waals surface area contributed by atoms with Crippen molar-refractivity contribution in [1.82, 2.24) is 9.97 Å². The number of hydrogen-bond donors (Lipinski definition) is 3. The van der Waals surface area contributed by atoms with Crippen LogP contribution in [0.1, 0.15) is 12.5 Å². The van der Waals surface area contributed by atoms with Crippen LogP contribution in [0.25, 0.3) is 0 Å². The molecule has 4 N–H and O–H groups in total. The van der Waals surface area contributed by atoms with Crippen molar-refractivity contribution in [3.05, 3.63) is 54.4 Å². The van der Waals surface area contributed by atoms with Crippen LogP contribution in [-0.4, -0.2) is 23.7 Å². The Bertz CT molecular complexity index is 913. The number of nitrogen functional groups attached to an aromatic ring is 1. The molecule has 0 amide bonds. The van der Waals surface area contributed by atoms with Crippen LogP contribution < -0.4 is 25.8 Å². The third-order valence-corrected chi connectivity index (χ3v) is 3.92. The van der Waals surface area contributed by atoms with Crippen molar-refractivity contribution in [3.63, 3.8) is 0 Å². The van der Waals surface area contributed by atoms with Gasteiger partial charge in [0.05, 0.1) is 19.4 Å². The van der Waals surface area contributed by atoms with Gasteiger partial charge >= 0.3 is 0 Å². The van der Waals surface area contributed by atoms with E-state index < -0.39 is 0 Å². The Kier molecular flexibility index (Phi) is 5.61. The van der Waals surface area contributed by atoms with E-state index in [0.29, 0.717) is 29.7 Å². The first-order chi connectivity index (χ1) is 13.1. The third kappa shape index (κ3) is 4.38. The second-order valence-corrected chi connectivity index (χ2v) is 5.90. The zero-order valence-electron chi connectivity index (χ0n) is 15.6. The topological polar surface area (TPSA) is 94.3 Å². The summed E-state index contributed by atoms with van der Waals surface area (Å²) in [4.78, 5) is 8.50. The number of nitrogens with one attached hydrogen (secondary N) is 2. The second-order valence-electron chi connectivity index (χ2n) is 5.90. The first kappa shape index (κ1) is 18.3. The minimum atomic E-state index is 0.412. The van der Waals surface area contributed by atoms with Crippen LogP contribution in [0.4, 0.5) is 28.7 Å². The first-order valence-corrected chi connectivity index (χ1v) is 8.62. The molecule has 0 fully saturated rings. The Balaban J connectivity index is 1.83. The summed E-state index contributed by atoms with van der Waals surface area (Å²) < 4.78 is 10.8. The maximum Gasteiger partial charge on any atom is 0.159 e. The lowest BCUT2D eigenvalue weighted by Gasteiger charge is -2.15. The predicted octanol–water partition coefficient (Wildman–Crippen LogP) is 4.26. The van der Waals surface area contributed by atoms with Gasteiger partial charge in [0.25, 0.3) is 0 Å². The molecule has 0 aliphatic rings. The highest BCUT2D eigenvalue weighted by molar-refractivity contribution is 5.81. The van der Waals surface area contributed by atoms with Crippen molar-refractivity contribution in [1.29, 1.82) is 0 Å². The number of aromatic nitrogens is 2. The Morgan fingerprint density at radius 2 is 1.70 bits per heavy atom. The number of aryl methyl sites for hydroxylation is 1. The van der Waals surface area contributed by atoms with Gasteiger partial charge in [-0.3, -0.25) is 0 Å². The fraction of sp³-hybridized carbons (Fsp3) is 0.200. The van der Waals surface area contributed by atoms with Gasteiger partial charge in [-0.25, -0.2) is 9.97 Å². The zero-order chi connectivity index (χ0) is 19.2. The fourth-order valence-electron chi connectivity index (χ4n) is 2.58. The molecule has 0 atom stereocenters. The minimum absolute atomic E-state index is 0.412. The molecule has 0 saturated heterocycles. The lowest BCUT2D eigenvalue weighted by Crippen LogP contribution is -2.06. The van der Waals surface area contributed by atoms with Gasteiger partial charge < -0.3 is 25.8 Å². The number of rotatable bonds is 7. The minimum Gasteiger partial charge on any atom is -0.495 e. The number of nitrogens with zero attached hydrogens (tertiary/aromatic N) is 2.